The highest BCUT2D eigenvalue weighted by Crippen LogP contribution is 2.25. The summed E-state index contributed by atoms with van der Waals surface area (Å²) in [5.41, 5.74) is 2.55. The van der Waals surface area contributed by atoms with Gasteiger partial charge < -0.3 is 0 Å². The maximum atomic E-state index is 12.6. The molecule has 0 saturated carbocycles. The molecule has 0 radical (unpaired) electrons. The molecule has 0 spiro atoms. The standard InChI is InChI=1S/C17H22N2O2S2/c1-14-4-3-5-16(12-14)13-18-8-10-19(11-9-18)23(20,21)17-7-6-15(2)22-17/h3-7,12H,8-11,13H2,1-2H3. The van der Waals surface area contributed by atoms with E-state index in [-0.39, 0.29) is 0 Å². The van der Waals surface area contributed by atoms with Crippen LogP contribution in [0.15, 0.2) is 40.6 Å². The summed E-state index contributed by atoms with van der Waals surface area (Å²) in [4.78, 5) is 3.35. The molecular weight excluding hydrogens is 328 g/mol. The van der Waals surface area contributed by atoms with Gasteiger partial charge in [0.2, 0.25) is 0 Å². The number of hydrogen-bond donors (Lipinski definition) is 0. The van der Waals surface area contributed by atoms with Gasteiger partial charge in [-0.3, -0.25) is 4.90 Å². The van der Waals surface area contributed by atoms with Gasteiger partial charge in [0.15, 0.2) is 0 Å². The average molecular weight is 351 g/mol. The van der Waals surface area contributed by atoms with Crippen molar-refractivity contribution in [3.8, 4) is 0 Å². The van der Waals surface area contributed by atoms with E-state index in [0.717, 1.165) is 24.5 Å². The number of thiophene rings is 1. The van der Waals surface area contributed by atoms with E-state index in [4.69, 9.17) is 0 Å². The number of nitrogens with zero attached hydrogens (tertiary/aromatic N) is 2. The van der Waals surface area contributed by atoms with E-state index in [1.165, 1.54) is 22.5 Å². The van der Waals surface area contributed by atoms with Gasteiger partial charge in [-0.1, -0.05) is 29.8 Å². The van der Waals surface area contributed by atoms with Gasteiger partial charge in [-0.25, -0.2) is 8.42 Å². The molecule has 3 rings (SSSR count). The molecule has 124 valence electrons. The van der Waals surface area contributed by atoms with Crippen LogP contribution in [0.4, 0.5) is 0 Å². The van der Waals surface area contributed by atoms with Gasteiger partial charge in [0.25, 0.3) is 10.0 Å². The first-order valence-corrected chi connectivity index (χ1v) is 10.1. The van der Waals surface area contributed by atoms with Gasteiger partial charge in [-0.05, 0) is 31.5 Å². The highest BCUT2D eigenvalue weighted by Gasteiger charge is 2.29. The van der Waals surface area contributed by atoms with Crippen molar-refractivity contribution in [1.29, 1.82) is 0 Å². The van der Waals surface area contributed by atoms with Crippen molar-refractivity contribution >= 4 is 21.4 Å². The van der Waals surface area contributed by atoms with Gasteiger partial charge in [0, 0.05) is 37.6 Å². The van der Waals surface area contributed by atoms with Crippen molar-refractivity contribution in [2.45, 2.75) is 24.6 Å². The molecule has 1 saturated heterocycles. The molecule has 6 heteroatoms. The Hall–Kier alpha value is -1.21. The van der Waals surface area contributed by atoms with Crippen molar-refractivity contribution in [3.05, 3.63) is 52.4 Å². The number of sulfonamides is 1. The molecule has 0 N–H and O–H groups in total. The zero-order chi connectivity index (χ0) is 16.4. The normalized spacial score (nSPS) is 17.5. The Balaban J connectivity index is 1.62. The molecule has 23 heavy (non-hydrogen) atoms. The van der Waals surface area contributed by atoms with Crippen LogP contribution in [0.2, 0.25) is 0 Å². The van der Waals surface area contributed by atoms with Gasteiger partial charge in [-0.2, -0.15) is 4.31 Å². The van der Waals surface area contributed by atoms with Crippen LogP contribution in [0, 0.1) is 13.8 Å². The highest BCUT2D eigenvalue weighted by molar-refractivity contribution is 7.91. The first kappa shape index (κ1) is 16.6. The van der Waals surface area contributed by atoms with E-state index in [9.17, 15) is 8.42 Å². The Morgan fingerprint density at radius 2 is 1.78 bits per heavy atom. The third-order valence-electron chi connectivity index (χ3n) is 4.13. The topological polar surface area (TPSA) is 40.6 Å². The van der Waals surface area contributed by atoms with Gasteiger partial charge in [0.05, 0.1) is 0 Å². The van der Waals surface area contributed by atoms with Crippen molar-refractivity contribution in [2.75, 3.05) is 26.2 Å². The number of piperazine rings is 1. The summed E-state index contributed by atoms with van der Waals surface area (Å²) in [6.07, 6.45) is 0. The smallest absolute Gasteiger partial charge is 0.252 e. The monoisotopic (exact) mass is 350 g/mol. The van der Waals surface area contributed by atoms with E-state index < -0.39 is 10.0 Å². The Morgan fingerprint density at radius 3 is 2.39 bits per heavy atom. The van der Waals surface area contributed by atoms with E-state index in [0.29, 0.717) is 17.3 Å². The quantitative estimate of drug-likeness (QED) is 0.851. The second kappa shape index (κ2) is 6.73. The summed E-state index contributed by atoms with van der Waals surface area (Å²) in [5.74, 6) is 0. The van der Waals surface area contributed by atoms with Crippen LogP contribution in [0.5, 0.6) is 0 Å². The largest absolute Gasteiger partial charge is 0.296 e. The summed E-state index contributed by atoms with van der Waals surface area (Å²) in [7, 11) is -3.32. The molecule has 0 bridgehead atoms. The van der Waals surface area contributed by atoms with Crippen LogP contribution < -0.4 is 0 Å². The van der Waals surface area contributed by atoms with Gasteiger partial charge >= 0.3 is 0 Å². The molecule has 0 unspecified atom stereocenters. The summed E-state index contributed by atoms with van der Waals surface area (Å²) in [5, 5.41) is 0. The molecule has 2 aromatic rings. The molecule has 1 aliphatic rings. The van der Waals surface area contributed by atoms with Gasteiger partial charge in [0.1, 0.15) is 4.21 Å². The minimum absolute atomic E-state index is 0.460. The average Bonchev–Trinajstić information content (AvgIpc) is 2.95. The minimum atomic E-state index is -3.32. The molecule has 1 aromatic carbocycles. The second-order valence-electron chi connectivity index (χ2n) is 6.03. The summed E-state index contributed by atoms with van der Waals surface area (Å²) in [6, 6.07) is 12.1. The Kier molecular flexibility index (Phi) is 4.87. The first-order valence-electron chi connectivity index (χ1n) is 7.80. The fourth-order valence-corrected chi connectivity index (χ4v) is 5.73. The summed E-state index contributed by atoms with van der Waals surface area (Å²) >= 11 is 1.35. The van der Waals surface area contributed by atoms with E-state index in [1.807, 2.05) is 13.0 Å². The molecular formula is C17H22N2O2S2. The number of benzene rings is 1. The summed E-state index contributed by atoms with van der Waals surface area (Å²) < 4.78 is 27.3. The minimum Gasteiger partial charge on any atom is -0.296 e. The van der Waals surface area contributed by atoms with E-state index in [2.05, 4.69) is 36.1 Å². The third-order valence-corrected chi connectivity index (χ3v) is 7.50. The molecule has 0 amide bonds. The first-order chi connectivity index (χ1) is 10.9. The second-order valence-corrected chi connectivity index (χ2v) is 9.49. The van der Waals surface area contributed by atoms with Crippen LogP contribution >= 0.6 is 11.3 Å². The zero-order valence-electron chi connectivity index (χ0n) is 13.5. The number of hydrogen-bond acceptors (Lipinski definition) is 4. The van der Waals surface area contributed by atoms with Gasteiger partial charge in [-0.15, -0.1) is 11.3 Å². The molecule has 1 aromatic heterocycles. The maximum absolute atomic E-state index is 12.6. The van der Waals surface area contributed by atoms with Crippen LogP contribution in [0.25, 0.3) is 0 Å². The zero-order valence-corrected chi connectivity index (χ0v) is 15.2. The lowest BCUT2D eigenvalue weighted by Crippen LogP contribution is -2.48. The Bertz CT molecular complexity index is 775. The predicted molar refractivity (Wildman–Crippen MR) is 94.3 cm³/mol. The molecule has 0 aliphatic carbocycles. The Labute approximate surface area is 142 Å². The number of rotatable bonds is 4. The predicted octanol–water partition coefficient (Wildman–Crippen LogP) is 2.87. The number of aryl methyl sites for hydroxylation is 2. The highest BCUT2D eigenvalue weighted by atomic mass is 32.2. The van der Waals surface area contributed by atoms with Crippen molar-refractivity contribution in [3.63, 3.8) is 0 Å². The lowest BCUT2D eigenvalue weighted by Gasteiger charge is -2.33. The van der Waals surface area contributed by atoms with Crippen LogP contribution in [0.1, 0.15) is 16.0 Å². The fraction of sp³-hybridized carbons (Fsp3) is 0.412. The van der Waals surface area contributed by atoms with Crippen LogP contribution in [-0.4, -0.2) is 43.8 Å². The molecule has 1 aliphatic heterocycles. The van der Waals surface area contributed by atoms with Crippen LogP contribution in [-0.2, 0) is 16.6 Å². The van der Waals surface area contributed by atoms with Crippen molar-refractivity contribution < 1.29 is 8.42 Å². The van der Waals surface area contributed by atoms with Crippen molar-refractivity contribution in [1.82, 2.24) is 9.21 Å². The lowest BCUT2D eigenvalue weighted by molar-refractivity contribution is 0.182. The Morgan fingerprint density at radius 1 is 1.04 bits per heavy atom. The molecule has 2 heterocycles. The third kappa shape index (κ3) is 3.83. The van der Waals surface area contributed by atoms with E-state index in [1.54, 1.807) is 10.4 Å². The summed E-state index contributed by atoms with van der Waals surface area (Å²) in [6.45, 7) is 7.58. The van der Waals surface area contributed by atoms with Crippen LogP contribution in [0.3, 0.4) is 0 Å². The maximum Gasteiger partial charge on any atom is 0.252 e. The molecule has 4 nitrogen and oxygen atoms in total. The lowest BCUT2D eigenvalue weighted by atomic mass is 10.1. The molecule has 0 atom stereocenters. The fourth-order valence-electron chi connectivity index (χ4n) is 2.87. The molecule has 1 fully saturated rings. The van der Waals surface area contributed by atoms with Crippen molar-refractivity contribution in [2.24, 2.45) is 0 Å². The SMILES string of the molecule is Cc1cccc(CN2CCN(S(=O)(=O)c3ccc(C)s3)CC2)c1. The van der Waals surface area contributed by atoms with E-state index >= 15 is 0 Å².